The lowest BCUT2D eigenvalue weighted by molar-refractivity contribution is 0.102. The number of ketones is 1. The van der Waals surface area contributed by atoms with Gasteiger partial charge in [-0.2, -0.15) is 0 Å². The Morgan fingerprint density at radius 3 is 2.82 bits per heavy atom. The van der Waals surface area contributed by atoms with Gasteiger partial charge >= 0.3 is 0 Å². The first kappa shape index (κ1) is 8.71. The number of halogens is 1. The van der Waals surface area contributed by atoms with Crippen LogP contribution in [0.3, 0.4) is 0 Å². The molecule has 1 aromatic rings. The first-order valence-electron chi connectivity index (χ1n) is 3.40. The zero-order valence-corrected chi connectivity index (χ0v) is 8.46. The molecule has 0 aliphatic carbocycles. The van der Waals surface area contributed by atoms with Crippen molar-refractivity contribution in [3.05, 3.63) is 35.4 Å². The quantitative estimate of drug-likeness (QED) is 0.454. The Balaban J connectivity index is 2.96. The molecule has 0 saturated heterocycles. The van der Waals surface area contributed by atoms with Gasteiger partial charge in [0.1, 0.15) is 0 Å². The maximum Gasteiger partial charge on any atom is 0.172 e. The standard InChI is InChI=1S/C9H9IO/c1-7-3-2-4-8(5-7)9(11)6-10/h2-5H,6H2,1H3. The lowest BCUT2D eigenvalue weighted by Gasteiger charge is -1.97. The average Bonchev–Trinajstić information content (AvgIpc) is 2.03. The smallest absolute Gasteiger partial charge is 0.172 e. The molecule has 0 amide bonds. The van der Waals surface area contributed by atoms with E-state index in [0.29, 0.717) is 4.43 Å². The maximum atomic E-state index is 11.2. The Kier molecular flexibility index (Phi) is 3.05. The minimum absolute atomic E-state index is 0.203. The van der Waals surface area contributed by atoms with Crippen LogP contribution in [0.2, 0.25) is 0 Å². The Morgan fingerprint density at radius 1 is 1.55 bits per heavy atom. The Hall–Kier alpha value is -0.380. The van der Waals surface area contributed by atoms with Gasteiger partial charge < -0.3 is 0 Å². The number of rotatable bonds is 2. The minimum atomic E-state index is 0.203. The van der Waals surface area contributed by atoms with Crippen molar-refractivity contribution < 1.29 is 4.79 Å². The molecule has 1 aromatic carbocycles. The molecule has 0 saturated carbocycles. The van der Waals surface area contributed by atoms with Crippen molar-refractivity contribution in [2.45, 2.75) is 6.92 Å². The molecule has 58 valence electrons. The average molecular weight is 260 g/mol. The van der Waals surface area contributed by atoms with Gasteiger partial charge in [-0.25, -0.2) is 0 Å². The Morgan fingerprint density at radius 2 is 2.27 bits per heavy atom. The van der Waals surface area contributed by atoms with E-state index >= 15 is 0 Å². The Labute approximate surface area is 79.9 Å². The van der Waals surface area contributed by atoms with Crippen LogP contribution in [0.4, 0.5) is 0 Å². The zero-order chi connectivity index (χ0) is 8.27. The highest BCUT2D eigenvalue weighted by molar-refractivity contribution is 14.1. The number of alkyl halides is 1. The third-order valence-electron chi connectivity index (χ3n) is 1.46. The number of hydrogen-bond acceptors (Lipinski definition) is 1. The highest BCUT2D eigenvalue weighted by atomic mass is 127. The van der Waals surface area contributed by atoms with E-state index in [-0.39, 0.29) is 5.78 Å². The van der Waals surface area contributed by atoms with Crippen LogP contribution in [0.5, 0.6) is 0 Å². The van der Waals surface area contributed by atoms with Crippen molar-refractivity contribution in [1.29, 1.82) is 0 Å². The monoisotopic (exact) mass is 260 g/mol. The predicted octanol–water partition coefficient (Wildman–Crippen LogP) is 2.61. The normalized spacial score (nSPS) is 9.64. The number of benzene rings is 1. The first-order valence-corrected chi connectivity index (χ1v) is 4.92. The van der Waals surface area contributed by atoms with Gasteiger partial charge in [-0.05, 0) is 13.0 Å². The van der Waals surface area contributed by atoms with Crippen molar-refractivity contribution >= 4 is 28.4 Å². The van der Waals surface area contributed by atoms with Crippen LogP contribution in [-0.4, -0.2) is 10.2 Å². The van der Waals surface area contributed by atoms with Gasteiger partial charge in [0.05, 0.1) is 4.43 Å². The number of carbonyl (C=O) groups is 1. The van der Waals surface area contributed by atoms with E-state index in [4.69, 9.17) is 0 Å². The fraction of sp³-hybridized carbons (Fsp3) is 0.222. The van der Waals surface area contributed by atoms with E-state index in [1.807, 2.05) is 31.2 Å². The highest BCUT2D eigenvalue weighted by Crippen LogP contribution is 2.05. The highest BCUT2D eigenvalue weighted by Gasteiger charge is 2.01. The molecule has 2 heteroatoms. The second-order valence-corrected chi connectivity index (χ2v) is 3.19. The van der Waals surface area contributed by atoms with E-state index in [1.54, 1.807) is 0 Å². The van der Waals surface area contributed by atoms with Crippen LogP contribution >= 0.6 is 22.6 Å². The van der Waals surface area contributed by atoms with Crippen molar-refractivity contribution in [1.82, 2.24) is 0 Å². The van der Waals surface area contributed by atoms with Crippen molar-refractivity contribution in [3.63, 3.8) is 0 Å². The maximum absolute atomic E-state index is 11.2. The lowest BCUT2D eigenvalue weighted by Crippen LogP contribution is -1.99. The van der Waals surface area contributed by atoms with Crippen LogP contribution in [-0.2, 0) is 0 Å². The molecule has 1 nitrogen and oxygen atoms in total. The third-order valence-corrected chi connectivity index (χ3v) is 2.15. The van der Waals surface area contributed by atoms with Crippen molar-refractivity contribution in [2.75, 3.05) is 4.43 Å². The molecule has 1 rings (SSSR count). The van der Waals surface area contributed by atoms with Crippen LogP contribution < -0.4 is 0 Å². The SMILES string of the molecule is Cc1cccc(C(=O)CI)c1. The largest absolute Gasteiger partial charge is 0.293 e. The van der Waals surface area contributed by atoms with Gasteiger partial charge in [0, 0.05) is 5.56 Å². The summed E-state index contributed by atoms with van der Waals surface area (Å²) in [7, 11) is 0. The molecule has 11 heavy (non-hydrogen) atoms. The fourth-order valence-corrected chi connectivity index (χ4v) is 1.34. The summed E-state index contributed by atoms with van der Waals surface area (Å²) in [5.74, 6) is 0.203. The van der Waals surface area contributed by atoms with Gasteiger partial charge in [-0.3, -0.25) is 4.79 Å². The van der Waals surface area contributed by atoms with Gasteiger partial charge in [0.15, 0.2) is 5.78 Å². The molecule has 0 atom stereocenters. The minimum Gasteiger partial charge on any atom is -0.293 e. The summed E-state index contributed by atoms with van der Waals surface area (Å²) in [6, 6.07) is 7.67. The fourth-order valence-electron chi connectivity index (χ4n) is 0.896. The number of Topliss-reactive ketones (excluding diaryl/α,β-unsaturated/α-hetero) is 1. The zero-order valence-electron chi connectivity index (χ0n) is 6.30. The summed E-state index contributed by atoms with van der Waals surface area (Å²) in [6.07, 6.45) is 0. The first-order chi connectivity index (χ1) is 5.24. The molecule has 0 unspecified atom stereocenters. The molecule has 0 fully saturated rings. The summed E-state index contributed by atoms with van der Waals surface area (Å²) in [5, 5.41) is 0. The van der Waals surface area contributed by atoms with Crippen LogP contribution in [0.15, 0.2) is 24.3 Å². The molecule has 0 radical (unpaired) electrons. The summed E-state index contributed by atoms with van der Waals surface area (Å²) in [6.45, 7) is 1.99. The van der Waals surface area contributed by atoms with E-state index in [0.717, 1.165) is 11.1 Å². The van der Waals surface area contributed by atoms with E-state index in [9.17, 15) is 4.79 Å². The summed E-state index contributed by atoms with van der Waals surface area (Å²) < 4.78 is 0.557. The molecule has 0 aliphatic rings. The molecule has 0 bridgehead atoms. The van der Waals surface area contributed by atoms with Gasteiger partial charge in [0.2, 0.25) is 0 Å². The molecular formula is C9H9IO. The summed E-state index contributed by atoms with van der Waals surface area (Å²) >= 11 is 2.08. The number of aryl methyl sites for hydroxylation is 1. The molecule has 0 aliphatic heterocycles. The number of hydrogen-bond donors (Lipinski definition) is 0. The summed E-state index contributed by atoms with van der Waals surface area (Å²) in [5.41, 5.74) is 1.96. The molecule has 0 aromatic heterocycles. The predicted molar refractivity (Wildman–Crippen MR) is 54.4 cm³/mol. The van der Waals surface area contributed by atoms with Gasteiger partial charge in [-0.1, -0.05) is 46.4 Å². The van der Waals surface area contributed by atoms with Gasteiger partial charge in [-0.15, -0.1) is 0 Å². The second kappa shape index (κ2) is 3.85. The third kappa shape index (κ3) is 2.29. The van der Waals surface area contributed by atoms with Crippen molar-refractivity contribution in [2.24, 2.45) is 0 Å². The molecular weight excluding hydrogens is 251 g/mol. The van der Waals surface area contributed by atoms with E-state index < -0.39 is 0 Å². The number of carbonyl (C=O) groups excluding carboxylic acids is 1. The van der Waals surface area contributed by atoms with Gasteiger partial charge in [0.25, 0.3) is 0 Å². The lowest BCUT2D eigenvalue weighted by atomic mass is 10.1. The summed E-state index contributed by atoms with van der Waals surface area (Å²) in [4.78, 5) is 11.2. The van der Waals surface area contributed by atoms with Crippen LogP contribution in [0.1, 0.15) is 15.9 Å². The van der Waals surface area contributed by atoms with E-state index in [1.165, 1.54) is 0 Å². The molecule has 0 spiro atoms. The van der Waals surface area contributed by atoms with E-state index in [2.05, 4.69) is 22.6 Å². The topological polar surface area (TPSA) is 17.1 Å². The molecule has 0 N–H and O–H groups in total. The molecule has 0 heterocycles. The van der Waals surface area contributed by atoms with Crippen LogP contribution in [0, 0.1) is 6.92 Å². The Bertz CT molecular complexity index is 268. The second-order valence-electron chi connectivity index (χ2n) is 2.43. The van der Waals surface area contributed by atoms with Crippen LogP contribution in [0.25, 0.3) is 0 Å². The van der Waals surface area contributed by atoms with Crippen molar-refractivity contribution in [3.8, 4) is 0 Å².